The summed E-state index contributed by atoms with van der Waals surface area (Å²) in [6, 6.07) is 21.7. The number of aromatic nitrogens is 2. The summed E-state index contributed by atoms with van der Waals surface area (Å²) >= 11 is 0. The van der Waals surface area contributed by atoms with Crippen LogP contribution in [0.1, 0.15) is 5.69 Å². The quantitative estimate of drug-likeness (QED) is 0.0648. The third-order valence-electron chi connectivity index (χ3n) is 7.09. The van der Waals surface area contributed by atoms with Gasteiger partial charge in [0.1, 0.15) is 28.6 Å². The Kier molecular flexibility index (Phi) is 11.8. The van der Waals surface area contributed by atoms with E-state index in [2.05, 4.69) is 25.6 Å². The average Bonchev–Trinajstić information content (AvgIpc) is 3.39. The first-order valence-corrected chi connectivity index (χ1v) is 15.9. The largest absolute Gasteiger partial charge is 3.00 e. The van der Waals surface area contributed by atoms with E-state index in [1.807, 2.05) is 12.1 Å². The standard InChI is InChI=1S/C16H13N5O7S.C16H11N3O4.Cr/c1-9-15(18-17-13-7-4-11(21(24)25)8-14(13)22)16(23)20(19-9)10-2-5-12(6-3-10)29(26,27)28;20-14-8-6-11(19(22)23)9-13(14)17-18-16-12-4-2-1-3-10(12)5-7-15(16)21;/h2-8,22-23H,1H3,(H,26,27,28);1-9,20-21H;/q;;+3/p-2. The number of aromatic hydroxyl groups is 2. The molecule has 0 bridgehead atoms. The molecule has 3 N–H and O–H groups in total. The summed E-state index contributed by atoms with van der Waals surface area (Å²) in [5.41, 5.74) is -0.379. The molecule has 19 nitrogen and oxygen atoms in total. The van der Waals surface area contributed by atoms with Crippen LogP contribution in [-0.4, -0.2) is 42.8 Å². The molecule has 0 aliphatic rings. The van der Waals surface area contributed by atoms with E-state index in [0.29, 0.717) is 5.39 Å². The van der Waals surface area contributed by atoms with Crippen LogP contribution in [0.3, 0.4) is 0 Å². The van der Waals surface area contributed by atoms with Crippen molar-refractivity contribution in [2.75, 3.05) is 0 Å². The number of nitro groups is 2. The predicted octanol–water partition coefficient (Wildman–Crippen LogP) is 6.47. The van der Waals surface area contributed by atoms with Crippen molar-refractivity contribution in [3.8, 4) is 28.8 Å². The van der Waals surface area contributed by atoms with E-state index >= 15 is 0 Å². The maximum atomic E-state index is 12.5. The maximum Gasteiger partial charge on any atom is 3.00 e. The van der Waals surface area contributed by atoms with Crippen LogP contribution < -0.4 is 10.2 Å². The molecule has 1 aromatic heterocycles. The zero-order chi connectivity index (χ0) is 37.7. The molecule has 6 aromatic rings. The molecule has 0 aliphatic carbocycles. The zero-order valence-corrected chi connectivity index (χ0v) is 28.8. The third kappa shape index (κ3) is 8.93. The molecular weight excluding hydrogens is 756 g/mol. The smallest absolute Gasteiger partial charge is 0.871 e. The van der Waals surface area contributed by atoms with Crippen LogP contribution in [0.15, 0.2) is 122 Å². The predicted molar refractivity (Wildman–Crippen MR) is 179 cm³/mol. The minimum absolute atomic E-state index is 0. The molecule has 0 amide bonds. The van der Waals surface area contributed by atoms with Crippen LogP contribution in [0, 0.1) is 27.2 Å². The van der Waals surface area contributed by atoms with Crippen molar-refractivity contribution in [3.63, 3.8) is 0 Å². The first-order valence-electron chi connectivity index (χ1n) is 14.5. The summed E-state index contributed by atoms with van der Waals surface area (Å²) in [5, 5.41) is 86.3. The van der Waals surface area contributed by atoms with Crippen LogP contribution in [0.2, 0.25) is 0 Å². The van der Waals surface area contributed by atoms with Gasteiger partial charge in [0.25, 0.3) is 21.5 Å². The average molecular weight is 779 g/mol. The van der Waals surface area contributed by atoms with E-state index in [1.54, 1.807) is 18.2 Å². The van der Waals surface area contributed by atoms with Gasteiger partial charge in [-0.2, -0.15) is 18.6 Å². The Morgan fingerprint density at radius 2 is 1.30 bits per heavy atom. The topological polar surface area (TPSA) is 294 Å². The van der Waals surface area contributed by atoms with Crippen molar-refractivity contribution in [1.82, 2.24) is 9.78 Å². The number of benzene rings is 5. The maximum absolute atomic E-state index is 12.5. The van der Waals surface area contributed by atoms with Gasteiger partial charge < -0.3 is 20.4 Å². The molecule has 0 spiro atoms. The fraction of sp³-hybridized carbons (Fsp3) is 0.0312. The van der Waals surface area contributed by atoms with Gasteiger partial charge in [-0.3, -0.25) is 24.8 Å². The fourth-order valence-electron chi connectivity index (χ4n) is 4.51. The first-order chi connectivity index (χ1) is 24.6. The summed E-state index contributed by atoms with van der Waals surface area (Å²) < 4.78 is 32.1. The summed E-state index contributed by atoms with van der Waals surface area (Å²) in [7, 11) is -4.38. The van der Waals surface area contributed by atoms with Crippen LogP contribution in [-0.2, 0) is 27.5 Å². The van der Waals surface area contributed by atoms with E-state index < -0.39 is 37.3 Å². The van der Waals surface area contributed by atoms with Gasteiger partial charge in [-0.25, -0.2) is 4.68 Å². The van der Waals surface area contributed by atoms with Gasteiger partial charge >= 0.3 is 17.4 Å². The van der Waals surface area contributed by atoms with Crippen molar-refractivity contribution in [2.45, 2.75) is 11.8 Å². The number of fused-ring (bicyclic) bond motifs is 1. The molecule has 0 saturated carbocycles. The van der Waals surface area contributed by atoms with Gasteiger partial charge in [-0.15, -0.1) is 15.3 Å². The molecule has 1 heterocycles. The third-order valence-corrected chi connectivity index (χ3v) is 7.95. The first kappa shape index (κ1) is 39.0. The Morgan fingerprint density at radius 3 is 1.94 bits per heavy atom. The van der Waals surface area contributed by atoms with Crippen molar-refractivity contribution >= 4 is 55.0 Å². The molecule has 53 heavy (non-hydrogen) atoms. The van der Waals surface area contributed by atoms with Gasteiger partial charge in [0.15, 0.2) is 0 Å². The van der Waals surface area contributed by atoms with E-state index in [0.717, 1.165) is 46.5 Å². The van der Waals surface area contributed by atoms with Crippen LogP contribution in [0.25, 0.3) is 16.5 Å². The molecule has 0 unspecified atom stereocenters. The molecule has 0 saturated heterocycles. The Hall–Kier alpha value is -6.79. The number of rotatable bonds is 8. The number of nitro benzene ring substituents is 2. The van der Waals surface area contributed by atoms with Crippen LogP contribution >= 0.6 is 0 Å². The second kappa shape index (κ2) is 16.0. The molecule has 6 rings (SSSR count). The monoisotopic (exact) mass is 778 g/mol. The van der Waals surface area contributed by atoms with Gasteiger partial charge in [0.2, 0.25) is 0 Å². The number of azo groups is 2. The van der Waals surface area contributed by atoms with Crippen LogP contribution in [0.4, 0.5) is 34.1 Å². The van der Waals surface area contributed by atoms with Gasteiger partial charge in [0, 0.05) is 35.5 Å². The molecule has 0 atom stereocenters. The van der Waals surface area contributed by atoms with Crippen molar-refractivity contribution < 1.29 is 60.6 Å². The Bertz CT molecular complexity index is 2530. The van der Waals surface area contributed by atoms with Gasteiger partial charge in [-0.1, -0.05) is 36.1 Å². The van der Waals surface area contributed by atoms with Crippen molar-refractivity contribution in [3.05, 3.63) is 123 Å². The Balaban J connectivity index is 0.000000238. The summed E-state index contributed by atoms with van der Waals surface area (Å²) in [6.07, 6.45) is 0. The number of nitrogens with zero attached hydrogens (tertiary/aromatic N) is 8. The Morgan fingerprint density at radius 1 is 0.717 bits per heavy atom. The summed E-state index contributed by atoms with van der Waals surface area (Å²) in [5.74, 6) is -1.72. The number of non-ortho nitro benzene ring substituents is 2. The van der Waals surface area contributed by atoms with E-state index in [1.165, 1.54) is 37.3 Å². The van der Waals surface area contributed by atoms with E-state index in [4.69, 9.17) is 4.55 Å². The van der Waals surface area contributed by atoms with Gasteiger partial charge in [0.05, 0.1) is 31.8 Å². The fourth-order valence-corrected chi connectivity index (χ4v) is 4.99. The molecule has 267 valence electrons. The zero-order valence-electron chi connectivity index (χ0n) is 26.7. The number of phenolic OH excluding ortho intramolecular Hbond substituents is 2. The molecular formula is C32H22CrN8O11S+. The van der Waals surface area contributed by atoms with E-state index in [-0.39, 0.29) is 73.6 Å². The molecule has 21 heteroatoms. The number of aryl methyl sites for hydroxylation is 1. The number of phenols is 2. The molecule has 5 aromatic carbocycles. The Labute approximate surface area is 308 Å². The molecule has 0 fully saturated rings. The van der Waals surface area contributed by atoms with E-state index in [9.17, 15) is 49.1 Å². The summed E-state index contributed by atoms with van der Waals surface area (Å²) in [4.78, 5) is 19.8. The number of hydrogen-bond donors (Lipinski definition) is 3. The molecule has 0 aliphatic heterocycles. The second-order valence-corrected chi connectivity index (χ2v) is 11.9. The minimum Gasteiger partial charge on any atom is -0.871 e. The van der Waals surface area contributed by atoms with Gasteiger partial charge in [-0.05, 0) is 54.8 Å². The van der Waals surface area contributed by atoms with Crippen LogP contribution in [0.5, 0.6) is 23.1 Å². The second-order valence-electron chi connectivity index (χ2n) is 10.5. The normalized spacial score (nSPS) is 11.3. The van der Waals surface area contributed by atoms with Crippen molar-refractivity contribution in [2.24, 2.45) is 20.5 Å². The summed E-state index contributed by atoms with van der Waals surface area (Å²) in [6.45, 7) is 1.48. The minimum atomic E-state index is -4.38. The molecule has 1 radical (unpaired) electrons. The SMILES string of the molecule is Cc1nn(-c2ccc(S(=O)(=O)O)cc2)c([O-])c1N=Nc1ccc([N+](=O)[O-])cc1[O-].O=[N+]([O-])c1ccc(O)c(N=Nc2c(O)ccc3ccccc23)c1.[Cr+3]. The number of hydrogen-bond acceptors (Lipinski definition) is 15. The van der Waals surface area contributed by atoms with Crippen molar-refractivity contribution in [1.29, 1.82) is 0 Å².